The van der Waals surface area contributed by atoms with Gasteiger partial charge in [-0.1, -0.05) is 38.1 Å². The summed E-state index contributed by atoms with van der Waals surface area (Å²) in [5.41, 5.74) is 12.5. The van der Waals surface area contributed by atoms with E-state index in [9.17, 15) is 0 Å². The molecule has 0 heterocycles. The smallest absolute Gasteiger partial charge is 0.0306 e. The molecule has 2 aromatic rings. The van der Waals surface area contributed by atoms with Crippen LogP contribution >= 0.6 is 0 Å². The summed E-state index contributed by atoms with van der Waals surface area (Å²) in [6.45, 7) is 4.67. The van der Waals surface area contributed by atoms with E-state index in [0.717, 1.165) is 6.42 Å². The van der Waals surface area contributed by atoms with Crippen LogP contribution in [-0.4, -0.2) is 0 Å². The van der Waals surface area contributed by atoms with Crippen LogP contribution < -0.4 is 5.73 Å². The maximum absolute atomic E-state index is 6.35. The first kappa shape index (κ1) is 10.6. The topological polar surface area (TPSA) is 26.0 Å². The van der Waals surface area contributed by atoms with Crippen molar-refractivity contribution in [1.29, 1.82) is 0 Å². The van der Waals surface area contributed by atoms with E-state index in [2.05, 4.69) is 38.1 Å². The van der Waals surface area contributed by atoms with Gasteiger partial charge in [-0.05, 0) is 57.7 Å². The third kappa shape index (κ3) is 1.16. The van der Waals surface area contributed by atoms with Gasteiger partial charge in [-0.3, -0.25) is 0 Å². The SMILES string of the molecule is CC1(C)C[C@H](N)c2cc3c4c(cccc4c21)CC3. The number of nitrogens with two attached hydrogens (primary N) is 1. The van der Waals surface area contributed by atoms with Crippen LogP contribution in [-0.2, 0) is 18.3 Å². The van der Waals surface area contributed by atoms with Gasteiger partial charge in [-0.15, -0.1) is 0 Å². The summed E-state index contributed by atoms with van der Waals surface area (Å²) in [6, 6.07) is 9.42. The molecule has 18 heavy (non-hydrogen) atoms. The third-order valence-electron chi connectivity index (χ3n) is 4.83. The molecule has 0 fully saturated rings. The van der Waals surface area contributed by atoms with Crippen molar-refractivity contribution < 1.29 is 0 Å². The summed E-state index contributed by atoms with van der Waals surface area (Å²) in [4.78, 5) is 0. The van der Waals surface area contributed by atoms with Gasteiger partial charge in [0.15, 0.2) is 0 Å². The van der Waals surface area contributed by atoms with E-state index in [0.29, 0.717) is 0 Å². The first-order valence-electron chi connectivity index (χ1n) is 6.91. The summed E-state index contributed by atoms with van der Waals surface area (Å²) in [5, 5.41) is 2.99. The van der Waals surface area contributed by atoms with E-state index >= 15 is 0 Å². The molecule has 4 rings (SSSR count). The molecule has 1 atom stereocenters. The maximum atomic E-state index is 6.35. The maximum Gasteiger partial charge on any atom is 0.0306 e. The van der Waals surface area contributed by atoms with Gasteiger partial charge >= 0.3 is 0 Å². The van der Waals surface area contributed by atoms with Gasteiger partial charge < -0.3 is 5.73 Å². The Kier molecular flexibility index (Phi) is 1.85. The Morgan fingerprint density at radius 2 is 1.94 bits per heavy atom. The monoisotopic (exact) mass is 237 g/mol. The van der Waals surface area contributed by atoms with Crippen LogP contribution in [0.5, 0.6) is 0 Å². The van der Waals surface area contributed by atoms with Gasteiger partial charge in [0, 0.05) is 6.04 Å². The Morgan fingerprint density at radius 3 is 2.78 bits per heavy atom. The molecule has 0 bridgehead atoms. The summed E-state index contributed by atoms with van der Waals surface area (Å²) in [7, 11) is 0. The molecule has 92 valence electrons. The van der Waals surface area contributed by atoms with E-state index in [-0.39, 0.29) is 11.5 Å². The van der Waals surface area contributed by atoms with Crippen LogP contribution in [0.25, 0.3) is 10.8 Å². The number of rotatable bonds is 0. The fourth-order valence-corrected chi connectivity index (χ4v) is 4.16. The zero-order valence-electron chi connectivity index (χ0n) is 11.1. The summed E-state index contributed by atoms with van der Waals surface area (Å²) < 4.78 is 0. The summed E-state index contributed by atoms with van der Waals surface area (Å²) in [5.74, 6) is 0. The quantitative estimate of drug-likeness (QED) is 0.744. The highest BCUT2D eigenvalue weighted by molar-refractivity contribution is 5.95. The minimum Gasteiger partial charge on any atom is -0.324 e. The minimum absolute atomic E-state index is 0.217. The fraction of sp³-hybridized carbons (Fsp3) is 0.412. The summed E-state index contributed by atoms with van der Waals surface area (Å²) in [6.07, 6.45) is 3.46. The van der Waals surface area contributed by atoms with Crippen molar-refractivity contribution in [3.8, 4) is 0 Å². The molecule has 0 unspecified atom stereocenters. The molecule has 0 amide bonds. The molecule has 2 aliphatic rings. The number of hydrogen-bond acceptors (Lipinski definition) is 1. The van der Waals surface area contributed by atoms with Crippen LogP contribution in [0.3, 0.4) is 0 Å². The van der Waals surface area contributed by atoms with Crippen molar-refractivity contribution in [2.24, 2.45) is 5.73 Å². The first-order chi connectivity index (χ1) is 8.58. The van der Waals surface area contributed by atoms with Crippen LogP contribution in [0.4, 0.5) is 0 Å². The molecule has 2 aliphatic carbocycles. The number of hydrogen-bond donors (Lipinski definition) is 1. The van der Waals surface area contributed by atoms with Gasteiger partial charge in [-0.25, -0.2) is 0 Å². The Hall–Kier alpha value is -1.34. The minimum atomic E-state index is 0.217. The second-order valence-corrected chi connectivity index (χ2v) is 6.53. The summed E-state index contributed by atoms with van der Waals surface area (Å²) >= 11 is 0. The molecule has 2 N–H and O–H groups in total. The van der Waals surface area contributed by atoms with E-state index in [1.54, 1.807) is 0 Å². The van der Waals surface area contributed by atoms with Crippen molar-refractivity contribution in [1.82, 2.24) is 0 Å². The Morgan fingerprint density at radius 1 is 1.17 bits per heavy atom. The fourth-order valence-electron chi connectivity index (χ4n) is 4.16. The van der Waals surface area contributed by atoms with Crippen molar-refractivity contribution in [3.05, 3.63) is 46.5 Å². The average molecular weight is 237 g/mol. The standard InChI is InChI=1S/C17H19N/c1-17(2)9-14(18)13-8-11-7-6-10-4-3-5-12(15(10)11)16(13)17/h3-5,8,14H,6-7,9,18H2,1-2H3/t14-/m0/s1. The normalized spacial score (nSPS) is 23.6. The van der Waals surface area contributed by atoms with Gasteiger partial charge in [0.2, 0.25) is 0 Å². The van der Waals surface area contributed by atoms with E-state index in [1.165, 1.54) is 45.9 Å². The van der Waals surface area contributed by atoms with Crippen LogP contribution in [0.2, 0.25) is 0 Å². The molecule has 1 nitrogen and oxygen atoms in total. The lowest BCUT2D eigenvalue weighted by Crippen LogP contribution is -2.14. The van der Waals surface area contributed by atoms with Crippen LogP contribution in [0.15, 0.2) is 24.3 Å². The molecule has 0 aromatic heterocycles. The molecule has 0 saturated heterocycles. The van der Waals surface area contributed by atoms with Crippen molar-refractivity contribution in [2.45, 2.75) is 44.6 Å². The Bertz CT molecular complexity index is 667. The molecular formula is C17H19N. The number of fused-ring (bicyclic) bond motifs is 2. The van der Waals surface area contributed by atoms with E-state index < -0.39 is 0 Å². The van der Waals surface area contributed by atoms with Crippen molar-refractivity contribution >= 4 is 10.8 Å². The van der Waals surface area contributed by atoms with Crippen LogP contribution in [0, 0.1) is 0 Å². The van der Waals surface area contributed by atoms with Crippen LogP contribution in [0.1, 0.15) is 48.6 Å². The second kappa shape index (κ2) is 3.16. The molecular weight excluding hydrogens is 218 g/mol. The van der Waals surface area contributed by atoms with Gasteiger partial charge in [0.05, 0.1) is 0 Å². The highest BCUT2D eigenvalue weighted by Crippen LogP contribution is 2.49. The predicted molar refractivity (Wildman–Crippen MR) is 75.9 cm³/mol. The molecule has 1 heteroatoms. The lowest BCUT2D eigenvalue weighted by Gasteiger charge is -2.21. The zero-order valence-corrected chi connectivity index (χ0v) is 11.1. The van der Waals surface area contributed by atoms with E-state index in [4.69, 9.17) is 5.73 Å². The Labute approximate surface area is 108 Å². The highest BCUT2D eigenvalue weighted by Gasteiger charge is 2.37. The lowest BCUT2D eigenvalue weighted by atomic mass is 9.82. The third-order valence-corrected chi connectivity index (χ3v) is 4.83. The lowest BCUT2D eigenvalue weighted by molar-refractivity contribution is 0.483. The largest absolute Gasteiger partial charge is 0.324 e. The molecule has 0 radical (unpaired) electrons. The average Bonchev–Trinajstić information content (AvgIpc) is 2.82. The predicted octanol–water partition coefficient (Wildman–Crippen LogP) is 3.62. The number of aryl methyl sites for hydroxylation is 2. The van der Waals surface area contributed by atoms with Gasteiger partial charge in [0.25, 0.3) is 0 Å². The molecule has 0 spiro atoms. The molecule has 0 saturated carbocycles. The number of benzene rings is 2. The van der Waals surface area contributed by atoms with E-state index in [1.807, 2.05) is 0 Å². The highest BCUT2D eigenvalue weighted by atomic mass is 14.7. The van der Waals surface area contributed by atoms with Gasteiger partial charge in [0.1, 0.15) is 0 Å². The van der Waals surface area contributed by atoms with Gasteiger partial charge in [-0.2, -0.15) is 0 Å². The first-order valence-corrected chi connectivity index (χ1v) is 6.91. The Balaban J connectivity index is 2.20. The van der Waals surface area contributed by atoms with Crippen molar-refractivity contribution in [3.63, 3.8) is 0 Å². The molecule has 2 aromatic carbocycles. The molecule has 0 aliphatic heterocycles. The zero-order chi connectivity index (χ0) is 12.5. The van der Waals surface area contributed by atoms with Crippen molar-refractivity contribution in [2.75, 3.05) is 0 Å². The second-order valence-electron chi connectivity index (χ2n) is 6.53.